The van der Waals surface area contributed by atoms with E-state index >= 15 is 0 Å². The zero-order valence-electron chi connectivity index (χ0n) is 15.1. The lowest BCUT2D eigenvalue weighted by molar-refractivity contribution is -0.160. The minimum atomic E-state index is -1.83. The maximum absolute atomic E-state index is 12.9. The van der Waals surface area contributed by atoms with Crippen molar-refractivity contribution in [2.45, 2.75) is 51.9 Å². The minimum Gasteiger partial charge on any atom is -0.468 e. The highest BCUT2D eigenvalue weighted by Crippen LogP contribution is 2.39. The van der Waals surface area contributed by atoms with Crippen LogP contribution in [-0.2, 0) is 33.4 Å². The van der Waals surface area contributed by atoms with Gasteiger partial charge in [0.25, 0.3) is 0 Å². The molecule has 0 aliphatic heterocycles. The van der Waals surface area contributed by atoms with Gasteiger partial charge in [-0.1, -0.05) is 12.5 Å². The number of carbonyl (C=O) groups is 4. The molecule has 1 unspecified atom stereocenters. The predicted molar refractivity (Wildman–Crippen MR) is 88.5 cm³/mol. The molecular weight excluding hydrogens is 328 g/mol. The largest absolute Gasteiger partial charge is 0.468 e. The molecule has 7 nitrogen and oxygen atoms in total. The molecule has 0 aromatic carbocycles. The summed E-state index contributed by atoms with van der Waals surface area (Å²) in [4.78, 5) is 49.7. The molecule has 0 saturated carbocycles. The summed E-state index contributed by atoms with van der Waals surface area (Å²) in [6.45, 7) is 1.86. The molecule has 0 heterocycles. The second-order valence-electron chi connectivity index (χ2n) is 5.83. The fraction of sp³-hybridized carbons (Fsp3) is 0.667. The second kappa shape index (κ2) is 9.96. The van der Waals surface area contributed by atoms with Gasteiger partial charge in [-0.25, -0.2) is 4.79 Å². The molecule has 0 radical (unpaired) electrons. The van der Waals surface area contributed by atoms with Crippen LogP contribution >= 0.6 is 0 Å². The summed E-state index contributed by atoms with van der Waals surface area (Å²) >= 11 is 0. The molecule has 0 aromatic heterocycles. The van der Waals surface area contributed by atoms with Gasteiger partial charge < -0.3 is 14.2 Å². The lowest BCUT2D eigenvalue weighted by Crippen LogP contribution is -2.45. The van der Waals surface area contributed by atoms with Crippen LogP contribution in [0.1, 0.15) is 51.9 Å². The van der Waals surface area contributed by atoms with Gasteiger partial charge in [0.2, 0.25) is 0 Å². The predicted octanol–water partition coefficient (Wildman–Crippen LogP) is 2.12. The number of hydrogen-bond donors (Lipinski definition) is 0. The van der Waals surface area contributed by atoms with Gasteiger partial charge in [-0.3, -0.25) is 14.4 Å². The molecule has 1 rings (SSSR count). The van der Waals surface area contributed by atoms with Crippen molar-refractivity contribution >= 4 is 23.7 Å². The quantitative estimate of drug-likeness (QED) is 0.409. The number of Topliss-reactive ketones (excluding diaryl/α,β-unsaturated/α-hetero) is 1. The van der Waals surface area contributed by atoms with Crippen molar-refractivity contribution in [2.75, 3.05) is 20.8 Å². The van der Waals surface area contributed by atoms with Gasteiger partial charge in [-0.2, -0.15) is 0 Å². The number of rotatable bonds is 6. The molecule has 1 aliphatic rings. The highest BCUT2D eigenvalue weighted by Gasteiger charge is 2.52. The van der Waals surface area contributed by atoms with E-state index in [9.17, 15) is 19.2 Å². The van der Waals surface area contributed by atoms with Crippen LogP contribution in [0.3, 0.4) is 0 Å². The summed E-state index contributed by atoms with van der Waals surface area (Å²) in [5.41, 5.74) is -1.88. The van der Waals surface area contributed by atoms with Crippen LogP contribution in [0.5, 0.6) is 0 Å². The van der Waals surface area contributed by atoms with Crippen LogP contribution in [-0.4, -0.2) is 44.5 Å². The number of hydrogen-bond acceptors (Lipinski definition) is 7. The molecule has 1 atom stereocenters. The van der Waals surface area contributed by atoms with Gasteiger partial charge in [-0.15, -0.1) is 0 Å². The number of esters is 3. The first-order valence-electron chi connectivity index (χ1n) is 8.50. The Morgan fingerprint density at radius 2 is 1.84 bits per heavy atom. The Balaban J connectivity index is 3.39. The Bertz CT molecular complexity index is 550. The van der Waals surface area contributed by atoms with Crippen LogP contribution in [0, 0.1) is 5.41 Å². The van der Waals surface area contributed by atoms with E-state index in [2.05, 4.69) is 0 Å². The van der Waals surface area contributed by atoms with Crippen molar-refractivity contribution in [3.63, 3.8) is 0 Å². The molecule has 0 amide bonds. The van der Waals surface area contributed by atoms with Crippen molar-refractivity contribution in [1.82, 2.24) is 0 Å². The van der Waals surface area contributed by atoms with Crippen LogP contribution in [0.2, 0.25) is 0 Å². The first-order valence-corrected chi connectivity index (χ1v) is 8.50. The maximum atomic E-state index is 12.9. The normalized spacial score (nSPS) is 23.3. The standard InChI is InChI=1S/C18H26O7/c1-4-25-15(20)11-12-18(17(22)24-3)13(16(21)23-2)9-7-5-6-8-10-14(18)19/h9H,4-8,10-12H2,1-3H3/b13-9-. The SMILES string of the molecule is CCOC(=O)CCC1(C(=O)OC)C(=O)CCCCC/C=C\1C(=O)OC. The van der Waals surface area contributed by atoms with E-state index in [4.69, 9.17) is 14.2 Å². The van der Waals surface area contributed by atoms with E-state index in [0.29, 0.717) is 12.8 Å². The molecule has 140 valence electrons. The number of carbonyl (C=O) groups excluding carboxylic acids is 4. The highest BCUT2D eigenvalue weighted by molar-refractivity contribution is 6.14. The monoisotopic (exact) mass is 354 g/mol. The number of ether oxygens (including phenoxy) is 3. The van der Waals surface area contributed by atoms with Gasteiger partial charge >= 0.3 is 17.9 Å². The first-order chi connectivity index (χ1) is 11.9. The molecular formula is C18H26O7. The van der Waals surface area contributed by atoms with Crippen LogP contribution < -0.4 is 0 Å². The number of methoxy groups -OCH3 is 2. The third-order valence-corrected chi connectivity index (χ3v) is 4.34. The zero-order valence-corrected chi connectivity index (χ0v) is 15.1. The Hall–Kier alpha value is -2.18. The molecule has 0 N–H and O–H groups in total. The molecule has 0 fully saturated rings. The Labute approximate surface area is 147 Å². The fourth-order valence-electron chi connectivity index (χ4n) is 3.06. The topological polar surface area (TPSA) is 96.0 Å². The minimum absolute atomic E-state index is 0.0435. The van der Waals surface area contributed by atoms with E-state index in [1.54, 1.807) is 13.0 Å². The number of ketones is 1. The third kappa shape index (κ3) is 4.90. The Morgan fingerprint density at radius 1 is 1.12 bits per heavy atom. The molecule has 0 aromatic rings. The molecule has 0 bridgehead atoms. The van der Waals surface area contributed by atoms with E-state index in [0.717, 1.165) is 20.0 Å². The molecule has 25 heavy (non-hydrogen) atoms. The molecule has 0 spiro atoms. The van der Waals surface area contributed by atoms with Gasteiger partial charge in [0.15, 0.2) is 11.2 Å². The first kappa shape index (κ1) is 20.9. The number of allylic oxidation sites excluding steroid dienone is 1. The van der Waals surface area contributed by atoms with Crippen LogP contribution in [0.25, 0.3) is 0 Å². The van der Waals surface area contributed by atoms with E-state index in [-0.39, 0.29) is 31.4 Å². The fourth-order valence-corrected chi connectivity index (χ4v) is 3.06. The Kier molecular flexibility index (Phi) is 8.31. The van der Waals surface area contributed by atoms with Gasteiger partial charge in [0, 0.05) is 12.8 Å². The van der Waals surface area contributed by atoms with Crippen molar-refractivity contribution in [2.24, 2.45) is 5.41 Å². The van der Waals surface area contributed by atoms with Crippen molar-refractivity contribution in [1.29, 1.82) is 0 Å². The van der Waals surface area contributed by atoms with E-state index in [1.807, 2.05) is 0 Å². The van der Waals surface area contributed by atoms with E-state index in [1.165, 1.54) is 7.11 Å². The Morgan fingerprint density at radius 3 is 2.44 bits per heavy atom. The highest BCUT2D eigenvalue weighted by atomic mass is 16.5. The maximum Gasteiger partial charge on any atom is 0.335 e. The lowest BCUT2D eigenvalue weighted by Gasteiger charge is -2.30. The average Bonchev–Trinajstić information content (AvgIpc) is 2.68. The lowest BCUT2D eigenvalue weighted by atomic mass is 9.71. The van der Waals surface area contributed by atoms with Crippen molar-refractivity contribution in [3.8, 4) is 0 Å². The molecule has 1 aliphatic carbocycles. The smallest absolute Gasteiger partial charge is 0.335 e. The van der Waals surface area contributed by atoms with Crippen LogP contribution in [0.4, 0.5) is 0 Å². The van der Waals surface area contributed by atoms with Gasteiger partial charge in [0.05, 0.1) is 26.4 Å². The molecule has 0 saturated heterocycles. The second-order valence-corrected chi connectivity index (χ2v) is 5.83. The summed E-state index contributed by atoms with van der Waals surface area (Å²) < 4.78 is 14.5. The zero-order chi connectivity index (χ0) is 18.9. The van der Waals surface area contributed by atoms with Crippen LogP contribution in [0.15, 0.2) is 11.6 Å². The van der Waals surface area contributed by atoms with Gasteiger partial charge in [0.1, 0.15) is 0 Å². The van der Waals surface area contributed by atoms with E-state index < -0.39 is 29.1 Å². The molecule has 7 heteroatoms. The summed E-state index contributed by atoms with van der Waals surface area (Å²) in [6.07, 6.45) is 4.09. The summed E-state index contributed by atoms with van der Waals surface area (Å²) in [7, 11) is 2.34. The van der Waals surface area contributed by atoms with Crippen molar-refractivity contribution in [3.05, 3.63) is 11.6 Å². The summed E-state index contributed by atoms with van der Waals surface area (Å²) in [5, 5.41) is 0. The third-order valence-electron chi connectivity index (χ3n) is 4.34. The summed E-state index contributed by atoms with van der Waals surface area (Å²) in [5.74, 6) is -2.57. The summed E-state index contributed by atoms with van der Waals surface area (Å²) in [6, 6.07) is 0. The average molecular weight is 354 g/mol. The van der Waals surface area contributed by atoms with Gasteiger partial charge in [-0.05, 0) is 32.6 Å². The van der Waals surface area contributed by atoms with Crippen molar-refractivity contribution < 1.29 is 33.4 Å².